The largest absolute Gasteiger partial charge is 0.481 e. The molecule has 4 heteroatoms. The van der Waals surface area contributed by atoms with Crippen LogP contribution in [0.2, 0.25) is 0 Å². The number of aliphatic carboxylic acids is 1. The van der Waals surface area contributed by atoms with Gasteiger partial charge in [0.2, 0.25) is 0 Å². The van der Waals surface area contributed by atoms with Crippen molar-refractivity contribution in [1.29, 1.82) is 0 Å². The standard InChI is InChI=1S/C40H66O4/c1-3-5-7-9-11-13-14-15-16-17-18-19-20-21-23-29-33-37-40(43)44-38(34-30-26-22-12-10-8-6-4-2)35-31-27-24-25-28-32-36-39(41)42/h5-8,11-13,15-16,22,30,34,38H,3-4,9-10,14,17-21,23-29,31-33,35-37H2,1-2H3,(H,41,42)/b7-5-,8-6-,13-11-,16-15-,22-12-,34-30-. The summed E-state index contributed by atoms with van der Waals surface area (Å²) in [7, 11) is 0. The molecule has 44 heavy (non-hydrogen) atoms. The Bertz CT molecular complexity index is 830. The van der Waals surface area contributed by atoms with E-state index < -0.39 is 5.97 Å². The van der Waals surface area contributed by atoms with E-state index >= 15 is 0 Å². The number of esters is 1. The first-order valence-electron chi connectivity index (χ1n) is 17.9. The molecule has 1 unspecified atom stereocenters. The quantitative estimate of drug-likeness (QED) is 0.0482. The van der Waals surface area contributed by atoms with Crippen molar-refractivity contribution in [2.45, 2.75) is 168 Å². The predicted octanol–water partition coefficient (Wildman–Crippen LogP) is 12.3. The van der Waals surface area contributed by atoms with Crippen molar-refractivity contribution >= 4 is 11.9 Å². The highest BCUT2D eigenvalue weighted by Gasteiger charge is 2.11. The summed E-state index contributed by atoms with van der Waals surface area (Å²) in [6.07, 6.45) is 49.3. The lowest BCUT2D eigenvalue weighted by molar-refractivity contribution is -0.147. The van der Waals surface area contributed by atoms with Crippen molar-refractivity contribution in [2.24, 2.45) is 0 Å². The van der Waals surface area contributed by atoms with E-state index in [4.69, 9.17) is 9.84 Å². The normalized spacial score (nSPS) is 13.1. The molecular weight excluding hydrogens is 544 g/mol. The summed E-state index contributed by atoms with van der Waals surface area (Å²) in [4.78, 5) is 23.2. The van der Waals surface area contributed by atoms with E-state index in [0.717, 1.165) is 96.3 Å². The first-order valence-corrected chi connectivity index (χ1v) is 17.9. The molecule has 0 aromatic heterocycles. The van der Waals surface area contributed by atoms with Gasteiger partial charge in [-0.05, 0) is 83.1 Å². The summed E-state index contributed by atoms with van der Waals surface area (Å²) < 4.78 is 5.87. The van der Waals surface area contributed by atoms with E-state index in [0.29, 0.717) is 6.42 Å². The molecule has 1 atom stereocenters. The van der Waals surface area contributed by atoms with Gasteiger partial charge in [-0.1, -0.05) is 138 Å². The summed E-state index contributed by atoms with van der Waals surface area (Å²) in [5.74, 6) is -0.786. The van der Waals surface area contributed by atoms with E-state index in [1.807, 2.05) is 0 Å². The van der Waals surface area contributed by atoms with Crippen molar-refractivity contribution in [3.8, 4) is 0 Å². The molecule has 0 rings (SSSR count). The van der Waals surface area contributed by atoms with Gasteiger partial charge in [-0.3, -0.25) is 9.59 Å². The van der Waals surface area contributed by atoms with Crippen LogP contribution >= 0.6 is 0 Å². The van der Waals surface area contributed by atoms with Gasteiger partial charge >= 0.3 is 11.9 Å². The van der Waals surface area contributed by atoms with Gasteiger partial charge in [0.15, 0.2) is 0 Å². The molecule has 0 saturated carbocycles. The lowest BCUT2D eigenvalue weighted by atomic mass is 10.1. The maximum atomic E-state index is 12.6. The van der Waals surface area contributed by atoms with Gasteiger partial charge in [0, 0.05) is 12.8 Å². The van der Waals surface area contributed by atoms with Gasteiger partial charge in [-0.15, -0.1) is 0 Å². The summed E-state index contributed by atoms with van der Waals surface area (Å²) in [5, 5.41) is 8.75. The van der Waals surface area contributed by atoms with Crippen LogP contribution in [0, 0.1) is 0 Å². The number of carboxylic acids is 1. The number of hydrogen-bond acceptors (Lipinski definition) is 3. The predicted molar refractivity (Wildman–Crippen MR) is 190 cm³/mol. The summed E-state index contributed by atoms with van der Waals surface area (Å²) in [6.45, 7) is 4.30. The van der Waals surface area contributed by atoms with Crippen LogP contribution in [-0.4, -0.2) is 23.1 Å². The molecular formula is C40H66O4. The minimum Gasteiger partial charge on any atom is -0.481 e. The highest BCUT2D eigenvalue weighted by atomic mass is 16.5. The average molecular weight is 611 g/mol. The van der Waals surface area contributed by atoms with Crippen LogP contribution < -0.4 is 0 Å². The topological polar surface area (TPSA) is 63.6 Å². The van der Waals surface area contributed by atoms with Gasteiger partial charge in [-0.2, -0.15) is 0 Å². The SMILES string of the molecule is CC/C=C\C/C=C\C/C=C\CCCCCCCCCC(=O)OC(/C=C\C/C=C\C/C=C\CC)CCCCCCCCC(=O)O. The average Bonchev–Trinajstić information content (AvgIpc) is 3.01. The fraction of sp³-hybridized carbons (Fsp3) is 0.650. The molecule has 0 spiro atoms. The minimum absolute atomic E-state index is 0.0763. The monoisotopic (exact) mass is 610 g/mol. The zero-order chi connectivity index (χ0) is 32.2. The lowest BCUT2D eigenvalue weighted by Gasteiger charge is -2.14. The third kappa shape index (κ3) is 33.9. The number of ether oxygens (including phenoxy) is 1. The molecule has 1 N–H and O–H groups in total. The van der Waals surface area contributed by atoms with E-state index in [-0.39, 0.29) is 18.5 Å². The third-order valence-corrected chi connectivity index (χ3v) is 7.41. The van der Waals surface area contributed by atoms with Crippen molar-refractivity contribution in [1.82, 2.24) is 0 Å². The van der Waals surface area contributed by atoms with Gasteiger partial charge in [0.1, 0.15) is 6.10 Å². The van der Waals surface area contributed by atoms with Crippen molar-refractivity contribution < 1.29 is 19.4 Å². The molecule has 0 amide bonds. The molecule has 0 bridgehead atoms. The van der Waals surface area contributed by atoms with Gasteiger partial charge in [-0.25, -0.2) is 0 Å². The summed E-state index contributed by atoms with van der Waals surface area (Å²) >= 11 is 0. The van der Waals surface area contributed by atoms with Crippen LogP contribution in [0.1, 0.15) is 162 Å². The van der Waals surface area contributed by atoms with Crippen molar-refractivity contribution in [2.75, 3.05) is 0 Å². The van der Waals surface area contributed by atoms with Crippen LogP contribution in [0.25, 0.3) is 0 Å². The van der Waals surface area contributed by atoms with Crippen LogP contribution in [0.4, 0.5) is 0 Å². The first kappa shape index (κ1) is 41.4. The third-order valence-electron chi connectivity index (χ3n) is 7.41. The molecule has 0 heterocycles. The molecule has 0 fully saturated rings. The minimum atomic E-state index is -0.710. The van der Waals surface area contributed by atoms with E-state index in [9.17, 15) is 9.59 Å². The van der Waals surface area contributed by atoms with E-state index in [1.54, 1.807) is 0 Å². The molecule has 4 nitrogen and oxygen atoms in total. The second-order valence-corrected chi connectivity index (χ2v) is 11.6. The number of allylic oxidation sites excluding steroid dienone is 11. The van der Waals surface area contributed by atoms with Crippen LogP contribution in [0.15, 0.2) is 72.9 Å². The molecule has 0 radical (unpaired) electrons. The molecule has 0 aliphatic heterocycles. The van der Waals surface area contributed by atoms with Gasteiger partial charge in [0.25, 0.3) is 0 Å². The molecule has 0 aliphatic rings. The smallest absolute Gasteiger partial charge is 0.306 e. The first-order chi connectivity index (χ1) is 21.6. The molecule has 0 saturated heterocycles. The number of rotatable bonds is 31. The van der Waals surface area contributed by atoms with E-state index in [2.05, 4.69) is 86.8 Å². The Morgan fingerprint density at radius 2 is 0.955 bits per heavy atom. The van der Waals surface area contributed by atoms with Crippen LogP contribution in [0.5, 0.6) is 0 Å². The highest BCUT2D eigenvalue weighted by molar-refractivity contribution is 5.69. The number of carbonyl (C=O) groups is 2. The zero-order valence-electron chi connectivity index (χ0n) is 28.4. The van der Waals surface area contributed by atoms with Crippen molar-refractivity contribution in [3.63, 3.8) is 0 Å². The van der Waals surface area contributed by atoms with Gasteiger partial charge in [0.05, 0.1) is 0 Å². The second kappa shape index (κ2) is 34.9. The molecule has 0 aromatic rings. The Balaban J connectivity index is 4.11. The zero-order valence-corrected chi connectivity index (χ0v) is 28.4. The Labute approximate surface area is 271 Å². The number of carbonyl (C=O) groups excluding carboxylic acids is 1. The Morgan fingerprint density at radius 3 is 1.50 bits per heavy atom. The number of carboxylic acid groups (broad SMARTS) is 1. The Hall–Kier alpha value is -2.62. The van der Waals surface area contributed by atoms with Crippen LogP contribution in [0.3, 0.4) is 0 Å². The molecule has 250 valence electrons. The van der Waals surface area contributed by atoms with Crippen LogP contribution in [-0.2, 0) is 14.3 Å². The fourth-order valence-corrected chi connectivity index (χ4v) is 4.84. The summed E-state index contributed by atoms with van der Waals surface area (Å²) in [6, 6.07) is 0. The van der Waals surface area contributed by atoms with E-state index in [1.165, 1.54) is 38.5 Å². The Morgan fingerprint density at radius 1 is 0.523 bits per heavy atom. The lowest BCUT2D eigenvalue weighted by Crippen LogP contribution is -2.16. The maximum absolute atomic E-state index is 12.6. The number of unbranched alkanes of at least 4 members (excludes halogenated alkanes) is 12. The summed E-state index contributed by atoms with van der Waals surface area (Å²) in [5.41, 5.74) is 0. The second-order valence-electron chi connectivity index (χ2n) is 11.6. The fourth-order valence-electron chi connectivity index (χ4n) is 4.84. The molecule has 0 aromatic carbocycles. The van der Waals surface area contributed by atoms with Crippen molar-refractivity contribution in [3.05, 3.63) is 72.9 Å². The maximum Gasteiger partial charge on any atom is 0.306 e. The highest BCUT2D eigenvalue weighted by Crippen LogP contribution is 2.15. The number of hydrogen-bond donors (Lipinski definition) is 1. The van der Waals surface area contributed by atoms with Gasteiger partial charge < -0.3 is 9.84 Å². The Kier molecular flexibility index (Phi) is 32.8. The molecule has 0 aliphatic carbocycles.